The lowest BCUT2D eigenvalue weighted by molar-refractivity contribution is 0.105. The molecular weight excluding hydrogens is 490 g/mol. The summed E-state index contributed by atoms with van der Waals surface area (Å²) in [6, 6.07) is 15.3. The van der Waals surface area contributed by atoms with Gasteiger partial charge in [-0.05, 0) is 100 Å². The number of hydrogen-bond acceptors (Lipinski definition) is 4. The van der Waals surface area contributed by atoms with Gasteiger partial charge in [-0.3, -0.25) is 0 Å². The molecule has 2 aromatic rings. The van der Waals surface area contributed by atoms with E-state index >= 15 is 0 Å². The summed E-state index contributed by atoms with van der Waals surface area (Å²) in [5, 5.41) is 6.91. The van der Waals surface area contributed by atoms with Gasteiger partial charge in [0.05, 0.1) is 6.61 Å². The molecule has 1 aliphatic heterocycles. The van der Waals surface area contributed by atoms with Crippen molar-refractivity contribution in [3.05, 3.63) is 64.7 Å². The number of ether oxygens (including phenoxy) is 1. The van der Waals surface area contributed by atoms with E-state index in [0.717, 1.165) is 43.7 Å². The number of likely N-dealkylation sites (tertiary alicyclic amines) is 1. The maximum atomic E-state index is 5.79. The van der Waals surface area contributed by atoms with E-state index in [0.29, 0.717) is 0 Å². The fourth-order valence-corrected chi connectivity index (χ4v) is 5.34. The van der Waals surface area contributed by atoms with Crippen molar-refractivity contribution in [3.8, 4) is 5.75 Å². The topological polar surface area (TPSA) is 36.5 Å². The first-order valence-corrected chi connectivity index (χ1v) is 16.1. The van der Waals surface area contributed by atoms with Crippen molar-refractivity contribution in [2.45, 2.75) is 93.4 Å². The van der Waals surface area contributed by atoms with Gasteiger partial charge in [0.15, 0.2) is 0 Å². The molecule has 1 saturated heterocycles. The molecule has 40 heavy (non-hydrogen) atoms. The molecule has 2 aromatic carbocycles. The molecule has 0 radical (unpaired) electrons. The molecule has 0 amide bonds. The zero-order valence-corrected chi connectivity index (χ0v) is 27.8. The second kappa shape index (κ2) is 20.1. The molecule has 2 N–H and O–H groups in total. The van der Waals surface area contributed by atoms with Crippen LogP contribution in [0.15, 0.2) is 42.5 Å². The monoisotopic (exact) mass is 553 g/mol. The first-order chi connectivity index (χ1) is 19.2. The Balaban J connectivity index is 0.000000394. The van der Waals surface area contributed by atoms with E-state index in [9.17, 15) is 0 Å². The average molecular weight is 554 g/mol. The van der Waals surface area contributed by atoms with Gasteiger partial charge in [-0.1, -0.05) is 84.4 Å². The summed E-state index contributed by atoms with van der Waals surface area (Å²) in [6.45, 7) is 27.7. The minimum Gasteiger partial charge on any atom is -0.493 e. The molecule has 3 rings (SSSR count). The van der Waals surface area contributed by atoms with Crippen LogP contribution >= 0.6 is 0 Å². The first-order valence-electron chi connectivity index (χ1n) is 16.1. The van der Waals surface area contributed by atoms with Crippen molar-refractivity contribution < 1.29 is 4.74 Å². The van der Waals surface area contributed by atoms with E-state index in [1.807, 2.05) is 20.9 Å². The molecule has 0 aliphatic carbocycles. The lowest BCUT2D eigenvalue weighted by Crippen LogP contribution is -2.51. The summed E-state index contributed by atoms with van der Waals surface area (Å²) in [6.07, 6.45) is 4.79. The van der Waals surface area contributed by atoms with Crippen LogP contribution < -0.4 is 15.4 Å². The largest absolute Gasteiger partial charge is 0.493 e. The van der Waals surface area contributed by atoms with Gasteiger partial charge in [-0.15, -0.1) is 0 Å². The SMILES string of the molecule is CC.CC[C@@H](C)CC(C)(CNCC1CN(CC)C1)c1ccccc1.CNCCCCOc1ccc(C)c(C)c1C. The van der Waals surface area contributed by atoms with E-state index in [4.69, 9.17) is 4.74 Å². The fourth-order valence-electron chi connectivity index (χ4n) is 5.34. The maximum Gasteiger partial charge on any atom is 0.122 e. The highest BCUT2D eigenvalue weighted by Gasteiger charge is 2.30. The van der Waals surface area contributed by atoms with Crippen LogP contribution in [0.1, 0.15) is 89.5 Å². The zero-order valence-electron chi connectivity index (χ0n) is 27.8. The predicted octanol–water partition coefficient (Wildman–Crippen LogP) is 7.94. The highest BCUT2D eigenvalue weighted by Crippen LogP contribution is 2.32. The van der Waals surface area contributed by atoms with Crippen LogP contribution in [0, 0.1) is 32.6 Å². The summed E-state index contributed by atoms with van der Waals surface area (Å²) in [7, 11) is 1.98. The van der Waals surface area contributed by atoms with E-state index in [1.54, 1.807) is 0 Å². The lowest BCUT2D eigenvalue weighted by Gasteiger charge is -2.40. The Bertz CT molecular complexity index is 910. The minimum absolute atomic E-state index is 0.241. The quantitative estimate of drug-likeness (QED) is 0.220. The van der Waals surface area contributed by atoms with Crippen molar-refractivity contribution in [1.82, 2.24) is 15.5 Å². The Morgan fingerprint density at radius 2 is 1.65 bits per heavy atom. The van der Waals surface area contributed by atoms with Crippen LogP contribution in [0.4, 0.5) is 0 Å². The molecule has 2 atom stereocenters. The highest BCUT2D eigenvalue weighted by molar-refractivity contribution is 5.42. The number of rotatable bonds is 15. The van der Waals surface area contributed by atoms with E-state index in [2.05, 4.69) is 106 Å². The second-order valence-corrected chi connectivity index (χ2v) is 11.8. The Hall–Kier alpha value is -1.88. The molecule has 0 spiro atoms. The van der Waals surface area contributed by atoms with Crippen LogP contribution in [0.2, 0.25) is 0 Å². The van der Waals surface area contributed by atoms with Gasteiger partial charge < -0.3 is 20.3 Å². The first kappa shape index (κ1) is 36.1. The van der Waals surface area contributed by atoms with Gasteiger partial charge in [-0.25, -0.2) is 0 Å². The van der Waals surface area contributed by atoms with Crippen LogP contribution in [-0.4, -0.2) is 57.8 Å². The Morgan fingerprint density at radius 1 is 0.975 bits per heavy atom. The van der Waals surface area contributed by atoms with Crippen molar-refractivity contribution in [2.75, 3.05) is 52.9 Å². The van der Waals surface area contributed by atoms with Crippen molar-refractivity contribution >= 4 is 0 Å². The third kappa shape index (κ3) is 12.3. The van der Waals surface area contributed by atoms with Crippen LogP contribution in [0.3, 0.4) is 0 Å². The standard InChI is InChI=1S/C20H34N2.C14H23NO.C2H6/c1-5-17(3)12-20(4,19-10-8-7-9-11-19)16-21-13-18-14-22(6-2)15-18;1-11-7-8-14(13(3)12(11)2)16-10-6-5-9-15-4;1-2/h7-11,17-18,21H,5-6,12-16H2,1-4H3;7-8,15H,5-6,9-10H2,1-4H3;1-2H3/t17-,20?;;/m1../s1. The normalized spacial score (nSPS) is 15.6. The van der Waals surface area contributed by atoms with E-state index < -0.39 is 0 Å². The summed E-state index contributed by atoms with van der Waals surface area (Å²) in [4.78, 5) is 2.52. The molecule has 1 unspecified atom stereocenters. The molecule has 4 nitrogen and oxygen atoms in total. The van der Waals surface area contributed by atoms with Gasteiger partial charge in [0.2, 0.25) is 0 Å². The van der Waals surface area contributed by atoms with Crippen LogP contribution in [0.5, 0.6) is 5.75 Å². The molecule has 0 bridgehead atoms. The summed E-state index contributed by atoms with van der Waals surface area (Å²) >= 11 is 0. The maximum absolute atomic E-state index is 5.79. The second-order valence-electron chi connectivity index (χ2n) is 11.8. The zero-order chi connectivity index (χ0) is 30.0. The van der Waals surface area contributed by atoms with Gasteiger partial charge in [0.25, 0.3) is 0 Å². The minimum atomic E-state index is 0.241. The lowest BCUT2D eigenvalue weighted by atomic mass is 9.75. The molecule has 1 aliphatic rings. The van der Waals surface area contributed by atoms with E-state index in [-0.39, 0.29) is 5.41 Å². The molecule has 1 heterocycles. The third-order valence-corrected chi connectivity index (χ3v) is 8.48. The van der Waals surface area contributed by atoms with Crippen LogP contribution in [-0.2, 0) is 5.41 Å². The average Bonchev–Trinajstić information content (AvgIpc) is 2.95. The molecular formula is C36H63N3O. The van der Waals surface area contributed by atoms with Gasteiger partial charge in [-0.2, -0.15) is 0 Å². The number of benzene rings is 2. The highest BCUT2D eigenvalue weighted by atomic mass is 16.5. The van der Waals surface area contributed by atoms with Gasteiger partial charge in [0.1, 0.15) is 5.75 Å². The number of nitrogens with zero attached hydrogens (tertiary/aromatic N) is 1. The van der Waals surface area contributed by atoms with Crippen molar-refractivity contribution in [3.63, 3.8) is 0 Å². The number of nitrogens with one attached hydrogen (secondary N) is 2. The van der Waals surface area contributed by atoms with Gasteiger partial charge >= 0.3 is 0 Å². The van der Waals surface area contributed by atoms with E-state index in [1.165, 1.54) is 67.7 Å². The number of unbranched alkanes of at least 4 members (excludes halogenated alkanes) is 1. The molecule has 228 valence electrons. The molecule has 1 fully saturated rings. The van der Waals surface area contributed by atoms with Crippen LogP contribution in [0.25, 0.3) is 0 Å². The predicted molar refractivity (Wildman–Crippen MR) is 177 cm³/mol. The molecule has 0 saturated carbocycles. The Morgan fingerprint density at radius 3 is 2.25 bits per heavy atom. The number of aryl methyl sites for hydroxylation is 1. The van der Waals surface area contributed by atoms with Crippen molar-refractivity contribution in [2.24, 2.45) is 11.8 Å². The summed E-state index contributed by atoms with van der Waals surface area (Å²) in [5.41, 5.74) is 5.66. The third-order valence-electron chi connectivity index (χ3n) is 8.48. The van der Waals surface area contributed by atoms with Gasteiger partial charge in [0, 0.05) is 31.6 Å². The van der Waals surface area contributed by atoms with Crippen molar-refractivity contribution in [1.29, 1.82) is 0 Å². The summed E-state index contributed by atoms with van der Waals surface area (Å²) < 4.78 is 5.79. The Kier molecular flexibility index (Phi) is 18.1. The Labute approximate surface area is 248 Å². The molecule has 4 heteroatoms. The molecule has 0 aromatic heterocycles. The fraction of sp³-hybridized carbons (Fsp3) is 0.667. The summed E-state index contributed by atoms with van der Waals surface area (Å²) in [5.74, 6) is 2.66. The number of hydrogen-bond donors (Lipinski definition) is 2. The smallest absolute Gasteiger partial charge is 0.122 e.